The molecule has 0 N–H and O–H groups in total. The smallest absolute Gasteiger partial charge is 0.238 e. The molecule has 0 radical (unpaired) electrons. The van der Waals surface area contributed by atoms with Gasteiger partial charge in [0.15, 0.2) is 0 Å². The Labute approximate surface area is 143 Å². The van der Waals surface area contributed by atoms with Crippen LogP contribution in [0.25, 0.3) is 0 Å². The molecule has 4 heteroatoms. The van der Waals surface area contributed by atoms with Crippen molar-refractivity contribution in [2.24, 2.45) is 5.41 Å². The molecule has 1 aromatic carbocycles. The van der Waals surface area contributed by atoms with E-state index in [0.717, 1.165) is 51.7 Å². The van der Waals surface area contributed by atoms with Crippen molar-refractivity contribution in [3.63, 3.8) is 0 Å². The largest absolute Gasteiger partial charge is 0.342 e. The average Bonchev–Trinajstić information content (AvgIpc) is 3.45. The van der Waals surface area contributed by atoms with Crippen molar-refractivity contribution in [1.29, 1.82) is 0 Å². The maximum absolute atomic E-state index is 13.1. The van der Waals surface area contributed by atoms with E-state index in [4.69, 9.17) is 0 Å². The first-order chi connectivity index (χ1) is 11.7. The summed E-state index contributed by atoms with van der Waals surface area (Å²) in [4.78, 5) is 30.1. The molecule has 2 amide bonds. The molecule has 2 fully saturated rings. The van der Waals surface area contributed by atoms with Gasteiger partial charge in [0.05, 0.1) is 0 Å². The van der Waals surface area contributed by atoms with Crippen molar-refractivity contribution in [1.82, 2.24) is 9.80 Å². The highest BCUT2D eigenvalue weighted by molar-refractivity contribution is 6.07. The molecule has 0 aromatic heterocycles. The lowest BCUT2D eigenvalue weighted by molar-refractivity contribution is -0.150. The van der Waals surface area contributed by atoms with Crippen LogP contribution in [0.5, 0.6) is 0 Å². The van der Waals surface area contributed by atoms with Crippen LogP contribution < -0.4 is 0 Å². The Morgan fingerprint density at radius 3 is 2.08 bits per heavy atom. The van der Waals surface area contributed by atoms with Crippen LogP contribution in [0, 0.1) is 5.41 Å². The van der Waals surface area contributed by atoms with E-state index in [2.05, 4.69) is 18.2 Å². The Balaban J connectivity index is 1.48. The third-order valence-electron chi connectivity index (χ3n) is 5.88. The molecule has 4 rings (SSSR count). The molecule has 2 heterocycles. The van der Waals surface area contributed by atoms with Gasteiger partial charge in [0.2, 0.25) is 11.8 Å². The number of fused-ring (bicyclic) bond motifs is 1. The summed E-state index contributed by atoms with van der Waals surface area (Å²) in [6.45, 7) is 3.06. The number of hydrogen-bond acceptors (Lipinski definition) is 2. The number of rotatable bonds is 2. The van der Waals surface area contributed by atoms with Gasteiger partial charge in [-0.1, -0.05) is 37.1 Å². The van der Waals surface area contributed by atoms with E-state index in [-0.39, 0.29) is 11.8 Å². The molecule has 2 aliphatic heterocycles. The van der Waals surface area contributed by atoms with Crippen LogP contribution in [0.15, 0.2) is 24.3 Å². The predicted octanol–water partition coefficient (Wildman–Crippen LogP) is 2.75. The zero-order valence-corrected chi connectivity index (χ0v) is 14.3. The summed E-state index contributed by atoms with van der Waals surface area (Å²) in [7, 11) is 0. The first-order valence-electron chi connectivity index (χ1n) is 9.36. The van der Waals surface area contributed by atoms with Gasteiger partial charge in [-0.15, -0.1) is 0 Å². The topological polar surface area (TPSA) is 40.6 Å². The van der Waals surface area contributed by atoms with E-state index in [1.54, 1.807) is 0 Å². The van der Waals surface area contributed by atoms with Gasteiger partial charge in [-0.3, -0.25) is 9.59 Å². The van der Waals surface area contributed by atoms with Crippen LogP contribution in [0.4, 0.5) is 0 Å². The minimum absolute atomic E-state index is 0.0752. The Kier molecular flexibility index (Phi) is 4.07. The number of benzene rings is 1. The summed E-state index contributed by atoms with van der Waals surface area (Å²) in [5.41, 5.74) is 1.84. The fraction of sp³-hybridized carbons (Fsp3) is 0.600. The standard InChI is InChI=1S/C20H26N2O2/c23-18(21-12-5-1-2-6-13-21)20(10-11-20)19(24)22-14-9-16-7-3-4-8-17(16)15-22/h3-4,7-8H,1-2,5-6,9-15H2. The van der Waals surface area contributed by atoms with Crippen LogP contribution in [-0.2, 0) is 22.6 Å². The zero-order valence-electron chi connectivity index (χ0n) is 14.3. The van der Waals surface area contributed by atoms with Crippen molar-refractivity contribution in [2.45, 2.75) is 51.5 Å². The van der Waals surface area contributed by atoms with Gasteiger partial charge in [0, 0.05) is 26.2 Å². The second-order valence-electron chi connectivity index (χ2n) is 7.53. The van der Waals surface area contributed by atoms with Crippen molar-refractivity contribution < 1.29 is 9.59 Å². The third kappa shape index (κ3) is 2.72. The highest BCUT2D eigenvalue weighted by Crippen LogP contribution is 2.49. The summed E-state index contributed by atoms with van der Waals surface area (Å²) in [6, 6.07) is 8.33. The molecular formula is C20H26N2O2. The molecule has 24 heavy (non-hydrogen) atoms. The lowest BCUT2D eigenvalue weighted by Crippen LogP contribution is -2.48. The predicted molar refractivity (Wildman–Crippen MR) is 92.3 cm³/mol. The van der Waals surface area contributed by atoms with E-state index >= 15 is 0 Å². The number of likely N-dealkylation sites (tertiary alicyclic amines) is 1. The van der Waals surface area contributed by atoms with Gasteiger partial charge in [-0.05, 0) is 43.2 Å². The molecule has 1 aromatic rings. The molecule has 3 aliphatic rings. The summed E-state index contributed by atoms with van der Waals surface area (Å²) in [5, 5.41) is 0. The van der Waals surface area contributed by atoms with Gasteiger partial charge in [-0.2, -0.15) is 0 Å². The summed E-state index contributed by atoms with van der Waals surface area (Å²) in [5.74, 6) is 0.180. The van der Waals surface area contributed by atoms with Crippen molar-refractivity contribution in [3.8, 4) is 0 Å². The average molecular weight is 326 g/mol. The number of hydrogen-bond donors (Lipinski definition) is 0. The van der Waals surface area contributed by atoms with E-state index in [1.165, 1.54) is 24.0 Å². The molecule has 1 saturated carbocycles. The summed E-state index contributed by atoms with van der Waals surface area (Å²) >= 11 is 0. The molecule has 0 unspecified atom stereocenters. The fourth-order valence-corrected chi connectivity index (χ4v) is 4.19. The van der Waals surface area contributed by atoms with Crippen LogP contribution in [0.1, 0.15) is 49.7 Å². The monoisotopic (exact) mass is 326 g/mol. The van der Waals surface area contributed by atoms with Gasteiger partial charge >= 0.3 is 0 Å². The fourth-order valence-electron chi connectivity index (χ4n) is 4.19. The highest BCUT2D eigenvalue weighted by Gasteiger charge is 2.59. The first-order valence-corrected chi connectivity index (χ1v) is 9.36. The quantitative estimate of drug-likeness (QED) is 0.784. The third-order valence-corrected chi connectivity index (χ3v) is 5.88. The maximum atomic E-state index is 13.1. The van der Waals surface area contributed by atoms with Gasteiger partial charge in [-0.25, -0.2) is 0 Å². The van der Waals surface area contributed by atoms with Crippen molar-refractivity contribution >= 4 is 11.8 Å². The molecular weight excluding hydrogens is 300 g/mol. The molecule has 0 spiro atoms. The minimum atomic E-state index is -0.726. The molecule has 0 atom stereocenters. The second-order valence-corrected chi connectivity index (χ2v) is 7.53. The normalized spacial score (nSPS) is 22.5. The molecule has 4 nitrogen and oxygen atoms in total. The number of nitrogens with zero attached hydrogens (tertiary/aromatic N) is 2. The molecule has 1 saturated heterocycles. The van der Waals surface area contributed by atoms with Crippen molar-refractivity contribution in [3.05, 3.63) is 35.4 Å². The van der Waals surface area contributed by atoms with E-state index < -0.39 is 5.41 Å². The van der Waals surface area contributed by atoms with Gasteiger partial charge < -0.3 is 9.80 Å². The SMILES string of the molecule is O=C(N1CCCCCC1)C1(C(=O)N2CCc3ccccc3C2)CC1. The number of carbonyl (C=O) groups is 2. The van der Waals surface area contributed by atoms with E-state index in [9.17, 15) is 9.59 Å². The van der Waals surface area contributed by atoms with Gasteiger partial charge in [0.25, 0.3) is 0 Å². The van der Waals surface area contributed by atoms with Crippen LogP contribution in [-0.4, -0.2) is 41.2 Å². The Morgan fingerprint density at radius 2 is 1.42 bits per heavy atom. The number of amides is 2. The molecule has 128 valence electrons. The van der Waals surface area contributed by atoms with Crippen LogP contribution in [0.3, 0.4) is 0 Å². The van der Waals surface area contributed by atoms with Crippen LogP contribution >= 0.6 is 0 Å². The zero-order chi connectivity index (χ0) is 16.6. The lowest BCUT2D eigenvalue weighted by atomic mass is 9.96. The second kappa shape index (κ2) is 6.23. The Hall–Kier alpha value is -1.84. The highest BCUT2D eigenvalue weighted by atomic mass is 16.2. The maximum Gasteiger partial charge on any atom is 0.238 e. The number of carbonyl (C=O) groups excluding carboxylic acids is 2. The van der Waals surface area contributed by atoms with Crippen LogP contribution in [0.2, 0.25) is 0 Å². The molecule has 1 aliphatic carbocycles. The minimum Gasteiger partial charge on any atom is -0.342 e. The van der Waals surface area contributed by atoms with E-state index in [0.29, 0.717) is 6.54 Å². The Bertz CT molecular complexity index is 643. The molecule has 0 bridgehead atoms. The van der Waals surface area contributed by atoms with Crippen molar-refractivity contribution in [2.75, 3.05) is 19.6 Å². The van der Waals surface area contributed by atoms with Gasteiger partial charge in [0.1, 0.15) is 5.41 Å². The lowest BCUT2D eigenvalue weighted by Gasteiger charge is -2.33. The van der Waals surface area contributed by atoms with E-state index in [1.807, 2.05) is 15.9 Å². The first kappa shape index (κ1) is 15.7. The summed E-state index contributed by atoms with van der Waals surface area (Å²) in [6.07, 6.45) is 6.93. The summed E-state index contributed by atoms with van der Waals surface area (Å²) < 4.78 is 0. The Morgan fingerprint density at radius 1 is 0.792 bits per heavy atom.